The Labute approximate surface area is 85.0 Å². The Hall–Kier alpha value is -0.960. The molecule has 1 aromatic heterocycles. The van der Waals surface area contributed by atoms with Gasteiger partial charge >= 0.3 is 0 Å². The molecular weight excluding hydrogens is 174 g/mol. The van der Waals surface area contributed by atoms with E-state index in [2.05, 4.69) is 22.2 Å². The van der Waals surface area contributed by atoms with Crippen molar-refractivity contribution in [3.63, 3.8) is 0 Å². The molecule has 14 heavy (non-hydrogen) atoms. The van der Waals surface area contributed by atoms with E-state index in [0.29, 0.717) is 5.92 Å². The van der Waals surface area contributed by atoms with Crippen LogP contribution in [0.4, 0.5) is 0 Å². The zero-order valence-corrected chi connectivity index (χ0v) is 8.66. The highest BCUT2D eigenvalue weighted by Gasteiger charge is 2.21. The van der Waals surface area contributed by atoms with Crippen molar-refractivity contribution in [1.29, 1.82) is 0 Å². The first-order chi connectivity index (χ1) is 6.90. The molecule has 76 valence electrons. The minimum absolute atomic E-state index is 0.642. The van der Waals surface area contributed by atoms with Crippen LogP contribution in [0.5, 0.6) is 0 Å². The van der Waals surface area contributed by atoms with Crippen LogP contribution in [0.3, 0.4) is 0 Å². The summed E-state index contributed by atoms with van der Waals surface area (Å²) in [7, 11) is 0. The van der Waals surface area contributed by atoms with Gasteiger partial charge in [0.2, 0.25) is 0 Å². The average Bonchev–Trinajstić information content (AvgIpc) is 2.14. The van der Waals surface area contributed by atoms with E-state index in [1.165, 1.54) is 24.8 Å². The van der Waals surface area contributed by atoms with Crippen LogP contribution in [0.25, 0.3) is 0 Å². The molecule has 1 saturated carbocycles. The lowest BCUT2D eigenvalue weighted by Gasteiger charge is -2.23. The molecular formula is C11H17N3. The third-order valence-corrected chi connectivity index (χ3v) is 2.77. The van der Waals surface area contributed by atoms with Crippen molar-refractivity contribution < 1.29 is 0 Å². The number of hydrogen-bond acceptors (Lipinski definition) is 3. The second kappa shape index (κ2) is 4.51. The van der Waals surface area contributed by atoms with Crippen molar-refractivity contribution in [2.45, 2.75) is 38.6 Å². The minimum Gasteiger partial charge on any atom is -0.313 e. The molecule has 1 aliphatic rings. The number of nitrogens with one attached hydrogen (secondary N) is 1. The zero-order chi connectivity index (χ0) is 9.80. The fourth-order valence-corrected chi connectivity index (χ4v) is 1.60. The number of nitrogens with zero attached hydrogens (tertiary/aromatic N) is 2. The van der Waals surface area contributed by atoms with Crippen LogP contribution in [-0.4, -0.2) is 16.5 Å². The number of hydrogen-bond donors (Lipinski definition) is 1. The third-order valence-electron chi connectivity index (χ3n) is 2.77. The Morgan fingerprint density at radius 1 is 1.36 bits per heavy atom. The predicted molar refractivity (Wildman–Crippen MR) is 56.0 cm³/mol. The van der Waals surface area contributed by atoms with Crippen LogP contribution in [0.2, 0.25) is 0 Å². The molecule has 1 aliphatic carbocycles. The van der Waals surface area contributed by atoms with E-state index >= 15 is 0 Å². The number of rotatable bonds is 4. The molecule has 3 heteroatoms. The summed E-state index contributed by atoms with van der Waals surface area (Å²) in [5.41, 5.74) is 1.18. The van der Waals surface area contributed by atoms with Crippen molar-refractivity contribution in [1.82, 2.24) is 15.3 Å². The summed E-state index contributed by atoms with van der Waals surface area (Å²) < 4.78 is 0. The van der Waals surface area contributed by atoms with Crippen molar-refractivity contribution >= 4 is 0 Å². The van der Waals surface area contributed by atoms with Gasteiger partial charge in [0.15, 0.2) is 0 Å². The van der Waals surface area contributed by atoms with E-state index in [1.807, 2.05) is 12.4 Å². The first kappa shape index (κ1) is 9.59. The molecule has 0 spiro atoms. The van der Waals surface area contributed by atoms with E-state index in [1.54, 1.807) is 0 Å². The predicted octanol–water partition coefficient (Wildman–Crippen LogP) is 1.85. The minimum atomic E-state index is 0.642. The molecule has 0 aliphatic heterocycles. The lowest BCUT2D eigenvalue weighted by Crippen LogP contribution is -2.15. The highest BCUT2D eigenvalue weighted by molar-refractivity contribution is 5.08. The van der Waals surface area contributed by atoms with Gasteiger partial charge in [-0.2, -0.15) is 0 Å². The highest BCUT2D eigenvalue weighted by atomic mass is 14.9. The SMILES string of the molecule is CCNCc1cnc(C2CCC2)nc1. The van der Waals surface area contributed by atoms with E-state index < -0.39 is 0 Å². The smallest absolute Gasteiger partial charge is 0.131 e. The summed E-state index contributed by atoms with van der Waals surface area (Å²) in [6.45, 7) is 3.97. The first-order valence-electron chi connectivity index (χ1n) is 5.41. The largest absolute Gasteiger partial charge is 0.313 e. The number of aromatic nitrogens is 2. The van der Waals surface area contributed by atoms with Crippen LogP contribution in [-0.2, 0) is 6.54 Å². The molecule has 0 atom stereocenters. The maximum Gasteiger partial charge on any atom is 0.131 e. The Morgan fingerprint density at radius 2 is 2.07 bits per heavy atom. The van der Waals surface area contributed by atoms with Crippen molar-refractivity contribution in [3.05, 3.63) is 23.8 Å². The van der Waals surface area contributed by atoms with Gasteiger partial charge in [-0.25, -0.2) is 9.97 Å². The van der Waals surface area contributed by atoms with Crippen LogP contribution < -0.4 is 5.32 Å². The van der Waals surface area contributed by atoms with Gasteiger partial charge < -0.3 is 5.32 Å². The maximum atomic E-state index is 4.40. The van der Waals surface area contributed by atoms with Gasteiger partial charge in [-0.05, 0) is 19.4 Å². The van der Waals surface area contributed by atoms with Gasteiger partial charge in [-0.15, -0.1) is 0 Å². The molecule has 3 nitrogen and oxygen atoms in total. The van der Waals surface area contributed by atoms with E-state index in [-0.39, 0.29) is 0 Å². The van der Waals surface area contributed by atoms with Gasteiger partial charge in [0.1, 0.15) is 5.82 Å². The monoisotopic (exact) mass is 191 g/mol. The molecule has 1 aromatic rings. The molecule has 1 N–H and O–H groups in total. The summed E-state index contributed by atoms with van der Waals surface area (Å²) in [5, 5.41) is 3.26. The fraction of sp³-hybridized carbons (Fsp3) is 0.636. The van der Waals surface area contributed by atoms with Gasteiger partial charge in [0.25, 0.3) is 0 Å². The molecule has 0 unspecified atom stereocenters. The van der Waals surface area contributed by atoms with E-state index in [0.717, 1.165) is 18.9 Å². The Bertz CT molecular complexity index is 277. The Morgan fingerprint density at radius 3 is 2.57 bits per heavy atom. The summed E-state index contributed by atoms with van der Waals surface area (Å²) in [6, 6.07) is 0. The van der Waals surface area contributed by atoms with Crippen LogP contribution >= 0.6 is 0 Å². The topological polar surface area (TPSA) is 37.8 Å². The van der Waals surface area contributed by atoms with E-state index in [4.69, 9.17) is 0 Å². The van der Waals surface area contributed by atoms with E-state index in [9.17, 15) is 0 Å². The molecule has 0 amide bonds. The lowest BCUT2D eigenvalue weighted by atomic mass is 9.85. The average molecular weight is 191 g/mol. The Balaban J connectivity index is 1.95. The molecule has 1 fully saturated rings. The summed E-state index contributed by atoms with van der Waals surface area (Å²) in [4.78, 5) is 8.80. The Kier molecular flexibility index (Phi) is 3.09. The van der Waals surface area contributed by atoms with Gasteiger partial charge in [-0.1, -0.05) is 13.3 Å². The summed E-state index contributed by atoms with van der Waals surface area (Å²) >= 11 is 0. The van der Waals surface area contributed by atoms with Crippen molar-refractivity contribution in [3.8, 4) is 0 Å². The highest BCUT2D eigenvalue weighted by Crippen LogP contribution is 2.33. The quantitative estimate of drug-likeness (QED) is 0.789. The van der Waals surface area contributed by atoms with Crippen LogP contribution in [0.15, 0.2) is 12.4 Å². The molecule has 0 radical (unpaired) electrons. The van der Waals surface area contributed by atoms with Gasteiger partial charge in [-0.3, -0.25) is 0 Å². The summed E-state index contributed by atoms with van der Waals surface area (Å²) in [5.74, 6) is 1.68. The standard InChI is InChI=1S/C11H17N3/c1-2-12-6-9-7-13-11(14-8-9)10-4-3-5-10/h7-8,10,12H,2-6H2,1H3. The molecule has 0 bridgehead atoms. The lowest BCUT2D eigenvalue weighted by molar-refractivity contribution is 0.401. The van der Waals surface area contributed by atoms with Crippen molar-refractivity contribution in [2.75, 3.05) is 6.54 Å². The van der Waals surface area contributed by atoms with Gasteiger partial charge in [0, 0.05) is 30.4 Å². The van der Waals surface area contributed by atoms with Crippen LogP contribution in [0, 0.1) is 0 Å². The van der Waals surface area contributed by atoms with Crippen LogP contribution in [0.1, 0.15) is 43.5 Å². The third kappa shape index (κ3) is 2.10. The second-order valence-corrected chi connectivity index (χ2v) is 3.86. The fourth-order valence-electron chi connectivity index (χ4n) is 1.60. The summed E-state index contributed by atoms with van der Waals surface area (Å²) in [6.07, 6.45) is 7.78. The van der Waals surface area contributed by atoms with Gasteiger partial charge in [0.05, 0.1) is 0 Å². The first-order valence-corrected chi connectivity index (χ1v) is 5.41. The second-order valence-electron chi connectivity index (χ2n) is 3.86. The molecule has 0 aromatic carbocycles. The maximum absolute atomic E-state index is 4.40. The molecule has 2 rings (SSSR count). The van der Waals surface area contributed by atoms with Crippen molar-refractivity contribution in [2.24, 2.45) is 0 Å². The molecule has 1 heterocycles. The normalized spacial score (nSPS) is 16.6. The molecule has 0 saturated heterocycles. The zero-order valence-electron chi connectivity index (χ0n) is 8.66.